The quantitative estimate of drug-likeness (QED) is 0.521. The van der Waals surface area contributed by atoms with Gasteiger partial charge in [-0.1, -0.05) is 11.6 Å². The van der Waals surface area contributed by atoms with Crippen molar-refractivity contribution in [1.82, 2.24) is 5.43 Å². The molecule has 0 radical (unpaired) electrons. The Balaban J connectivity index is 1.77. The van der Waals surface area contributed by atoms with Crippen LogP contribution >= 0.6 is 11.6 Å². The molecule has 2 amide bonds. The smallest absolute Gasteiger partial charge is 0.277 e. The molecule has 2 aromatic rings. The predicted molar refractivity (Wildman–Crippen MR) is 109 cm³/mol. The molecule has 2 rings (SSSR count). The molecule has 0 unspecified atom stereocenters. The van der Waals surface area contributed by atoms with Crippen molar-refractivity contribution in [3.8, 4) is 11.5 Å². The van der Waals surface area contributed by atoms with E-state index in [2.05, 4.69) is 15.8 Å². The van der Waals surface area contributed by atoms with Gasteiger partial charge in [0.15, 0.2) is 6.61 Å². The first-order chi connectivity index (χ1) is 13.4. The van der Waals surface area contributed by atoms with Crippen LogP contribution in [0.1, 0.15) is 18.9 Å². The van der Waals surface area contributed by atoms with Crippen LogP contribution in [0, 0.1) is 6.92 Å². The average Bonchev–Trinajstić information content (AvgIpc) is 2.67. The molecule has 2 N–H and O–H groups in total. The summed E-state index contributed by atoms with van der Waals surface area (Å²) in [6.07, 6.45) is 0.0433. The van der Waals surface area contributed by atoms with Crippen LogP contribution < -0.4 is 20.2 Å². The van der Waals surface area contributed by atoms with E-state index in [9.17, 15) is 9.59 Å². The number of ether oxygens (including phenoxy) is 2. The third-order valence-electron chi connectivity index (χ3n) is 3.68. The lowest BCUT2D eigenvalue weighted by Gasteiger charge is -2.09. The topological polar surface area (TPSA) is 89.0 Å². The molecule has 0 aliphatic carbocycles. The van der Waals surface area contributed by atoms with Gasteiger partial charge in [-0.15, -0.1) is 0 Å². The van der Waals surface area contributed by atoms with Gasteiger partial charge in [-0.25, -0.2) is 5.43 Å². The van der Waals surface area contributed by atoms with Crippen molar-refractivity contribution in [2.45, 2.75) is 20.3 Å². The second kappa shape index (κ2) is 10.3. The summed E-state index contributed by atoms with van der Waals surface area (Å²) in [4.78, 5) is 23.9. The normalized spacial score (nSPS) is 10.9. The Morgan fingerprint density at radius 3 is 2.39 bits per heavy atom. The van der Waals surface area contributed by atoms with Crippen LogP contribution in [0.25, 0.3) is 0 Å². The molecule has 148 valence electrons. The molecule has 0 heterocycles. The summed E-state index contributed by atoms with van der Waals surface area (Å²) in [6, 6.07) is 12.1. The largest absolute Gasteiger partial charge is 0.497 e. The molecule has 7 nitrogen and oxygen atoms in total. The van der Waals surface area contributed by atoms with Crippen LogP contribution in [0.15, 0.2) is 47.6 Å². The number of aryl methyl sites for hydroxylation is 1. The van der Waals surface area contributed by atoms with E-state index in [1.165, 1.54) is 0 Å². The zero-order chi connectivity index (χ0) is 20.5. The Morgan fingerprint density at radius 2 is 1.75 bits per heavy atom. The van der Waals surface area contributed by atoms with E-state index in [1.807, 2.05) is 6.92 Å². The summed E-state index contributed by atoms with van der Waals surface area (Å²) < 4.78 is 10.4. The van der Waals surface area contributed by atoms with Gasteiger partial charge in [0, 0.05) is 16.4 Å². The van der Waals surface area contributed by atoms with Crippen molar-refractivity contribution in [3.05, 3.63) is 53.1 Å². The molecule has 0 spiro atoms. The fourth-order valence-electron chi connectivity index (χ4n) is 2.24. The Kier molecular flexibility index (Phi) is 7.83. The van der Waals surface area contributed by atoms with E-state index < -0.39 is 5.91 Å². The maximum Gasteiger partial charge on any atom is 0.277 e. The van der Waals surface area contributed by atoms with Crippen LogP contribution in [-0.2, 0) is 9.59 Å². The monoisotopic (exact) mass is 403 g/mol. The molecule has 0 bridgehead atoms. The van der Waals surface area contributed by atoms with Crippen molar-refractivity contribution in [1.29, 1.82) is 0 Å². The lowest BCUT2D eigenvalue weighted by Crippen LogP contribution is -2.26. The first-order valence-corrected chi connectivity index (χ1v) is 8.90. The Labute approximate surface area is 168 Å². The van der Waals surface area contributed by atoms with Crippen molar-refractivity contribution in [2.24, 2.45) is 5.10 Å². The first kappa shape index (κ1) is 21.2. The highest BCUT2D eigenvalue weighted by Crippen LogP contribution is 2.19. The molecule has 0 fully saturated rings. The van der Waals surface area contributed by atoms with Gasteiger partial charge in [-0.05, 0) is 61.9 Å². The molecule has 0 saturated heterocycles. The van der Waals surface area contributed by atoms with Gasteiger partial charge in [-0.2, -0.15) is 5.10 Å². The summed E-state index contributed by atoms with van der Waals surface area (Å²) in [5, 5.41) is 7.31. The highest BCUT2D eigenvalue weighted by atomic mass is 35.5. The Morgan fingerprint density at radius 1 is 1.07 bits per heavy atom. The van der Waals surface area contributed by atoms with Gasteiger partial charge in [0.05, 0.1) is 13.5 Å². The molecule has 28 heavy (non-hydrogen) atoms. The summed E-state index contributed by atoms with van der Waals surface area (Å²) in [7, 11) is 1.57. The number of carbonyl (C=O) groups is 2. The Bertz CT molecular complexity index is 866. The third kappa shape index (κ3) is 6.92. The number of hydrogen-bond donors (Lipinski definition) is 2. The number of carbonyl (C=O) groups excluding carboxylic acids is 2. The number of halogens is 1. The molecule has 0 aliphatic heterocycles. The highest BCUT2D eigenvalue weighted by molar-refractivity contribution is 6.30. The van der Waals surface area contributed by atoms with Crippen molar-refractivity contribution < 1.29 is 19.1 Å². The van der Waals surface area contributed by atoms with Gasteiger partial charge < -0.3 is 14.8 Å². The van der Waals surface area contributed by atoms with Gasteiger partial charge >= 0.3 is 0 Å². The maximum atomic E-state index is 12.1. The number of methoxy groups -OCH3 is 1. The highest BCUT2D eigenvalue weighted by Gasteiger charge is 2.08. The van der Waals surface area contributed by atoms with Crippen LogP contribution in [0.5, 0.6) is 11.5 Å². The fourth-order valence-corrected chi connectivity index (χ4v) is 2.47. The summed E-state index contributed by atoms with van der Waals surface area (Å²) in [5.74, 6) is 0.568. The van der Waals surface area contributed by atoms with Gasteiger partial charge in [0.1, 0.15) is 11.5 Å². The summed E-state index contributed by atoms with van der Waals surface area (Å²) >= 11 is 5.90. The van der Waals surface area contributed by atoms with Crippen LogP contribution in [0.3, 0.4) is 0 Å². The predicted octanol–water partition coefficient (Wildman–Crippen LogP) is 3.56. The van der Waals surface area contributed by atoms with Crippen molar-refractivity contribution >= 4 is 34.8 Å². The number of hydrazone groups is 1. The van der Waals surface area contributed by atoms with E-state index >= 15 is 0 Å². The summed E-state index contributed by atoms with van der Waals surface area (Å²) in [5.41, 5.74) is 4.37. The van der Waals surface area contributed by atoms with Crippen molar-refractivity contribution in [3.63, 3.8) is 0 Å². The maximum absolute atomic E-state index is 12.1. The number of amides is 2. The van der Waals surface area contributed by atoms with Crippen LogP contribution in [-0.4, -0.2) is 31.2 Å². The minimum atomic E-state index is -0.427. The average molecular weight is 404 g/mol. The minimum Gasteiger partial charge on any atom is -0.497 e. The van der Waals surface area contributed by atoms with Gasteiger partial charge in [0.25, 0.3) is 5.91 Å². The minimum absolute atomic E-state index is 0.0433. The van der Waals surface area contributed by atoms with E-state index in [4.69, 9.17) is 21.1 Å². The zero-order valence-electron chi connectivity index (χ0n) is 15.9. The molecule has 0 saturated carbocycles. The first-order valence-electron chi connectivity index (χ1n) is 8.52. The lowest BCUT2D eigenvalue weighted by atomic mass is 10.2. The van der Waals surface area contributed by atoms with Gasteiger partial charge in [-0.3, -0.25) is 9.59 Å². The molecule has 0 atom stereocenters. The van der Waals surface area contributed by atoms with E-state index in [-0.39, 0.29) is 18.9 Å². The van der Waals surface area contributed by atoms with Crippen LogP contribution in [0.2, 0.25) is 5.02 Å². The molecular formula is C20H22ClN3O4. The number of benzene rings is 2. The molecule has 8 heteroatoms. The molecule has 0 aromatic heterocycles. The van der Waals surface area contributed by atoms with E-state index in [1.54, 1.807) is 56.5 Å². The number of nitrogens with zero attached hydrogens (tertiary/aromatic N) is 1. The molecule has 0 aliphatic rings. The number of anilines is 1. The number of rotatable bonds is 8. The lowest BCUT2D eigenvalue weighted by molar-refractivity contribution is -0.123. The number of hydrogen-bond acceptors (Lipinski definition) is 5. The number of nitrogens with one attached hydrogen (secondary N) is 2. The van der Waals surface area contributed by atoms with E-state index in [0.29, 0.717) is 27.9 Å². The SMILES string of the molecule is COc1ccc(OCC(=O)N/N=C(\C)CC(=O)Nc2ccc(Cl)cc2C)cc1. The third-order valence-corrected chi connectivity index (χ3v) is 3.91. The fraction of sp³-hybridized carbons (Fsp3) is 0.250. The second-order valence-electron chi connectivity index (χ2n) is 6.03. The molecule has 2 aromatic carbocycles. The summed E-state index contributed by atoms with van der Waals surface area (Å²) in [6.45, 7) is 3.31. The van der Waals surface area contributed by atoms with Gasteiger partial charge in [0.2, 0.25) is 5.91 Å². The standard InChI is InChI=1S/C20H22ClN3O4/c1-13-10-15(21)4-9-18(13)22-19(25)11-14(2)23-24-20(26)12-28-17-7-5-16(27-3)6-8-17/h4-10H,11-12H2,1-3H3,(H,22,25)(H,24,26)/b23-14+. The Hall–Kier alpha value is -3.06. The van der Waals surface area contributed by atoms with Crippen molar-refractivity contribution in [2.75, 3.05) is 19.0 Å². The van der Waals surface area contributed by atoms with Crippen LogP contribution in [0.4, 0.5) is 5.69 Å². The second-order valence-corrected chi connectivity index (χ2v) is 6.47. The van der Waals surface area contributed by atoms with E-state index in [0.717, 1.165) is 5.56 Å². The molecular weight excluding hydrogens is 382 g/mol. The zero-order valence-corrected chi connectivity index (χ0v) is 16.7.